The van der Waals surface area contributed by atoms with Crippen molar-refractivity contribution in [1.82, 2.24) is 0 Å². The molecule has 0 saturated carbocycles. The Morgan fingerprint density at radius 3 is 2.58 bits per heavy atom. The molecule has 0 aliphatic heterocycles. The molecule has 1 aromatic rings. The highest BCUT2D eigenvalue weighted by Crippen LogP contribution is 2.15. The molecular weight excluding hydrogens is 174 g/mol. The lowest BCUT2D eigenvalue weighted by Gasteiger charge is -2.04. The van der Waals surface area contributed by atoms with E-state index in [1.165, 1.54) is 0 Å². The van der Waals surface area contributed by atoms with Gasteiger partial charge in [-0.15, -0.1) is 0 Å². The zero-order valence-electron chi connectivity index (χ0n) is 6.78. The second-order valence-electron chi connectivity index (χ2n) is 2.30. The highest BCUT2D eigenvalue weighted by molar-refractivity contribution is 7.72. The van der Waals surface area contributed by atoms with Crippen LogP contribution in [0.4, 0.5) is 5.69 Å². The summed E-state index contributed by atoms with van der Waals surface area (Å²) in [4.78, 5) is 0.356. The van der Waals surface area contributed by atoms with Gasteiger partial charge in [0.2, 0.25) is 0 Å². The summed E-state index contributed by atoms with van der Waals surface area (Å²) >= 11 is 0. The van der Waals surface area contributed by atoms with E-state index >= 15 is 0 Å². The number of hydrogen-bond acceptors (Lipinski definition) is 3. The van der Waals surface area contributed by atoms with E-state index in [1.54, 1.807) is 24.3 Å². The number of para-hydroxylation sites is 1. The standard InChI is InChI=1S/C8H11NO2S/c1-2-9-7-5-3-4-6-8(7)12(10)11/h3-6,9,12H,2H2,1H3. The topological polar surface area (TPSA) is 46.2 Å². The third kappa shape index (κ3) is 1.98. The van der Waals surface area contributed by atoms with Crippen molar-refractivity contribution in [3.05, 3.63) is 24.3 Å². The highest BCUT2D eigenvalue weighted by Gasteiger charge is 2.00. The molecule has 0 atom stereocenters. The minimum absolute atomic E-state index is 0.356. The van der Waals surface area contributed by atoms with Crippen LogP contribution in [-0.2, 0) is 10.7 Å². The van der Waals surface area contributed by atoms with Crippen LogP contribution in [-0.4, -0.2) is 15.0 Å². The monoisotopic (exact) mass is 185 g/mol. The quantitative estimate of drug-likeness (QED) is 0.693. The summed E-state index contributed by atoms with van der Waals surface area (Å²) in [5.74, 6) is 0. The SMILES string of the molecule is CCNc1ccccc1[SH](=O)=O. The fourth-order valence-electron chi connectivity index (χ4n) is 0.973. The first-order chi connectivity index (χ1) is 5.75. The first-order valence-electron chi connectivity index (χ1n) is 3.73. The van der Waals surface area contributed by atoms with Crippen LogP contribution in [0.2, 0.25) is 0 Å². The van der Waals surface area contributed by atoms with Gasteiger partial charge in [0.25, 0.3) is 0 Å². The maximum absolute atomic E-state index is 10.7. The molecule has 0 radical (unpaired) electrons. The van der Waals surface area contributed by atoms with Gasteiger partial charge in [-0.25, -0.2) is 8.42 Å². The van der Waals surface area contributed by atoms with E-state index < -0.39 is 10.7 Å². The van der Waals surface area contributed by atoms with Crippen molar-refractivity contribution in [1.29, 1.82) is 0 Å². The molecule has 1 rings (SSSR count). The molecule has 0 bridgehead atoms. The fourth-order valence-corrected chi connectivity index (χ4v) is 1.53. The average molecular weight is 185 g/mol. The molecule has 1 aromatic carbocycles. The van der Waals surface area contributed by atoms with Gasteiger partial charge in [-0.05, 0) is 19.1 Å². The molecule has 0 saturated heterocycles. The van der Waals surface area contributed by atoms with E-state index in [-0.39, 0.29) is 0 Å². The summed E-state index contributed by atoms with van der Waals surface area (Å²) in [6, 6.07) is 6.86. The minimum atomic E-state index is -2.49. The molecule has 0 spiro atoms. The van der Waals surface area contributed by atoms with Crippen molar-refractivity contribution in [2.75, 3.05) is 11.9 Å². The van der Waals surface area contributed by atoms with Gasteiger partial charge in [0, 0.05) is 6.54 Å². The highest BCUT2D eigenvalue weighted by atomic mass is 32.2. The predicted octanol–water partition coefficient (Wildman–Crippen LogP) is 1.09. The van der Waals surface area contributed by atoms with E-state index in [4.69, 9.17) is 0 Å². The lowest BCUT2D eigenvalue weighted by atomic mass is 10.3. The Labute approximate surface area is 73.4 Å². The number of nitrogens with one attached hydrogen (secondary N) is 1. The summed E-state index contributed by atoms with van der Waals surface area (Å²) < 4.78 is 21.4. The van der Waals surface area contributed by atoms with Crippen molar-refractivity contribution in [3.63, 3.8) is 0 Å². The normalized spacial score (nSPS) is 10.2. The van der Waals surface area contributed by atoms with E-state index in [0.29, 0.717) is 10.6 Å². The van der Waals surface area contributed by atoms with Gasteiger partial charge in [0.15, 0.2) is 10.7 Å². The van der Waals surface area contributed by atoms with Crippen molar-refractivity contribution < 1.29 is 8.42 Å². The van der Waals surface area contributed by atoms with E-state index in [9.17, 15) is 8.42 Å². The zero-order valence-corrected chi connectivity index (χ0v) is 7.67. The first kappa shape index (κ1) is 9.06. The lowest BCUT2D eigenvalue weighted by Crippen LogP contribution is -1.99. The number of benzene rings is 1. The van der Waals surface area contributed by atoms with Crippen LogP contribution in [0.25, 0.3) is 0 Å². The Morgan fingerprint density at radius 2 is 2.00 bits per heavy atom. The van der Waals surface area contributed by atoms with Crippen LogP contribution in [0.1, 0.15) is 6.92 Å². The molecule has 0 aliphatic rings. The van der Waals surface area contributed by atoms with Gasteiger partial charge in [-0.3, -0.25) is 0 Å². The van der Waals surface area contributed by atoms with Crippen molar-refractivity contribution >= 4 is 16.4 Å². The minimum Gasteiger partial charge on any atom is -0.384 e. The zero-order chi connectivity index (χ0) is 8.97. The van der Waals surface area contributed by atoms with E-state index in [2.05, 4.69) is 5.32 Å². The fraction of sp³-hybridized carbons (Fsp3) is 0.250. The molecule has 12 heavy (non-hydrogen) atoms. The number of thiol groups is 1. The van der Waals surface area contributed by atoms with E-state index in [0.717, 1.165) is 6.54 Å². The molecular formula is C8H11NO2S. The van der Waals surface area contributed by atoms with Gasteiger partial charge in [-0.2, -0.15) is 0 Å². The van der Waals surface area contributed by atoms with Crippen LogP contribution < -0.4 is 5.32 Å². The average Bonchev–Trinajstić information content (AvgIpc) is 2.05. The van der Waals surface area contributed by atoms with Crippen LogP contribution in [0.5, 0.6) is 0 Å². The van der Waals surface area contributed by atoms with Crippen LogP contribution in [0, 0.1) is 0 Å². The van der Waals surface area contributed by atoms with Crippen molar-refractivity contribution in [3.8, 4) is 0 Å². The maximum atomic E-state index is 10.7. The van der Waals surface area contributed by atoms with E-state index in [1.807, 2.05) is 6.92 Å². The summed E-state index contributed by atoms with van der Waals surface area (Å²) in [5, 5.41) is 2.97. The second-order valence-corrected chi connectivity index (χ2v) is 3.30. The summed E-state index contributed by atoms with van der Waals surface area (Å²) in [6.45, 7) is 2.65. The van der Waals surface area contributed by atoms with Gasteiger partial charge < -0.3 is 5.32 Å². The molecule has 0 aliphatic carbocycles. The molecule has 3 nitrogen and oxygen atoms in total. The van der Waals surface area contributed by atoms with Crippen LogP contribution in [0.3, 0.4) is 0 Å². The Kier molecular flexibility index (Phi) is 3.10. The van der Waals surface area contributed by atoms with Crippen molar-refractivity contribution in [2.45, 2.75) is 11.8 Å². The van der Waals surface area contributed by atoms with Gasteiger partial charge in [0.05, 0.1) is 10.6 Å². The van der Waals surface area contributed by atoms with Crippen LogP contribution in [0.15, 0.2) is 29.2 Å². The summed E-state index contributed by atoms with van der Waals surface area (Å²) in [7, 11) is -2.49. The molecule has 0 amide bonds. The Morgan fingerprint density at radius 1 is 1.33 bits per heavy atom. The van der Waals surface area contributed by atoms with Gasteiger partial charge in [-0.1, -0.05) is 12.1 Å². The number of anilines is 1. The summed E-state index contributed by atoms with van der Waals surface area (Å²) in [5.41, 5.74) is 0.677. The lowest BCUT2D eigenvalue weighted by molar-refractivity contribution is 0.615. The Hall–Kier alpha value is -1.03. The first-order valence-corrected chi connectivity index (χ1v) is 4.90. The molecule has 66 valence electrons. The maximum Gasteiger partial charge on any atom is 0.170 e. The summed E-state index contributed by atoms with van der Waals surface area (Å²) in [6.07, 6.45) is 0. The molecule has 1 N–H and O–H groups in total. The molecule has 0 aromatic heterocycles. The van der Waals surface area contributed by atoms with Crippen LogP contribution >= 0.6 is 0 Å². The molecule has 0 fully saturated rings. The molecule has 4 heteroatoms. The Balaban J connectivity index is 3.08. The van der Waals surface area contributed by atoms with Gasteiger partial charge in [0.1, 0.15) is 0 Å². The smallest absolute Gasteiger partial charge is 0.170 e. The molecule has 0 heterocycles. The largest absolute Gasteiger partial charge is 0.384 e. The second kappa shape index (κ2) is 4.11. The number of rotatable bonds is 3. The van der Waals surface area contributed by atoms with Crippen molar-refractivity contribution in [2.24, 2.45) is 0 Å². The number of hydrogen-bond donors (Lipinski definition) is 2. The molecule has 0 unspecified atom stereocenters. The third-order valence-corrected chi connectivity index (χ3v) is 2.25. The Bertz CT molecular complexity index is 326. The third-order valence-electron chi connectivity index (χ3n) is 1.47. The van der Waals surface area contributed by atoms with Gasteiger partial charge >= 0.3 is 0 Å². The predicted molar refractivity (Wildman–Crippen MR) is 49.2 cm³/mol.